The molecule has 1 saturated heterocycles. The molecule has 0 amide bonds. The summed E-state index contributed by atoms with van der Waals surface area (Å²) in [4.78, 5) is 4.89. The lowest BCUT2D eigenvalue weighted by Gasteiger charge is -2.38. The number of hydrogen-bond donors (Lipinski definition) is 0. The summed E-state index contributed by atoms with van der Waals surface area (Å²) in [5.74, 6) is 0. The van der Waals surface area contributed by atoms with Gasteiger partial charge < -0.3 is 0 Å². The molecule has 0 saturated carbocycles. The molecule has 1 fully saturated rings. The van der Waals surface area contributed by atoms with Gasteiger partial charge in [0, 0.05) is 0 Å². The molecule has 0 N–H and O–H groups in total. The normalized spacial score (nSPS) is 27.8. The van der Waals surface area contributed by atoms with Crippen molar-refractivity contribution in [1.82, 2.24) is 9.80 Å². The SMILES string of the molecule is CCN1CCCCC1N(C)C. The first kappa shape index (κ1) is 9.01. The Labute approximate surface area is 70.2 Å². The largest absolute Gasteiger partial charge is 0.294 e. The first-order valence-electron chi connectivity index (χ1n) is 4.66. The Bertz CT molecular complexity index is 112. The molecule has 1 heterocycles. The zero-order valence-corrected chi connectivity index (χ0v) is 8.01. The lowest BCUT2D eigenvalue weighted by Crippen LogP contribution is -2.47. The summed E-state index contributed by atoms with van der Waals surface area (Å²) in [6.07, 6.45) is 4.84. The lowest BCUT2D eigenvalue weighted by atomic mass is 10.1. The maximum absolute atomic E-state index is 2.56. The highest BCUT2D eigenvalue weighted by Crippen LogP contribution is 2.17. The van der Waals surface area contributed by atoms with Crippen molar-refractivity contribution >= 4 is 0 Å². The molecule has 0 bridgehead atoms. The van der Waals surface area contributed by atoms with E-state index in [1.54, 1.807) is 0 Å². The van der Waals surface area contributed by atoms with Crippen LogP contribution < -0.4 is 0 Å². The summed E-state index contributed by atoms with van der Waals surface area (Å²) in [5, 5.41) is 0. The molecule has 0 radical (unpaired) electrons. The van der Waals surface area contributed by atoms with E-state index in [4.69, 9.17) is 0 Å². The van der Waals surface area contributed by atoms with Crippen molar-refractivity contribution in [3.63, 3.8) is 0 Å². The molecule has 1 rings (SSSR count). The molecule has 0 aliphatic carbocycles. The molecular formula is C9H20N2. The molecule has 0 aromatic carbocycles. The van der Waals surface area contributed by atoms with Gasteiger partial charge >= 0.3 is 0 Å². The van der Waals surface area contributed by atoms with Crippen molar-refractivity contribution in [3.05, 3.63) is 0 Å². The van der Waals surface area contributed by atoms with Crippen LogP contribution in [0.3, 0.4) is 0 Å². The number of hydrogen-bond acceptors (Lipinski definition) is 2. The van der Waals surface area contributed by atoms with Crippen LogP contribution in [0, 0.1) is 0 Å². The first-order valence-corrected chi connectivity index (χ1v) is 4.66. The van der Waals surface area contributed by atoms with Crippen molar-refractivity contribution in [2.75, 3.05) is 27.2 Å². The van der Waals surface area contributed by atoms with Gasteiger partial charge in [0.2, 0.25) is 0 Å². The zero-order valence-electron chi connectivity index (χ0n) is 8.01. The average Bonchev–Trinajstić information content (AvgIpc) is 2.04. The Kier molecular flexibility index (Phi) is 3.34. The van der Waals surface area contributed by atoms with E-state index in [0.29, 0.717) is 6.17 Å². The van der Waals surface area contributed by atoms with E-state index in [1.165, 1.54) is 32.4 Å². The van der Waals surface area contributed by atoms with Gasteiger partial charge in [0.25, 0.3) is 0 Å². The molecule has 2 heteroatoms. The minimum absolute atomic E-state index is 0.703. The lowest BCUT2D eigenvalue weighted by molar-refractivity contribution is 0.0500. The summed E-state index contributed by atoms with van der Waals surface area (Å²) in [7, 11) is 4.36. The highest BCUT2D eigenvalue weighted by atomic mass is 15.3. The standard InChI is InChI=1S/C9H20N2/c1-4-11-8-6-5-7-9(11)10(2)3/h9H,4-8H2,1-3H3. The zero-order chi connectivity index (χ0) is 8.27. The van der Waals surface area contributed by atoms with Crippen molar-refractivity contribution in [1.29, 1.82) is 0 Å². The Morgan fingerprint density at radius 2 is 2.09 bits per heavy atom. The third-order valence-corrected chi connectivity index (χ3v) is 2.58. The Balaban J connectivity index is 2.44. The van der Waals surface area contributed by atoms with Gasteiger partial charge in [-0.1, -0.05) is 6.92 Å². The Morgan fingerprint density at radius 3 is 2.55 bits per heavy atom. The van der Waals surface area contributed by atoms with Gasteiger partial charge in [-0.3, -0.25) is 9.80 Å². The van der Waals surface area contributed by atoms with E-state index in [2.05, 4.69) is 30.8 Å². The molecule has 0 aromatic heterocycles. The molecule has 0 aromatic rings. The fourth-order valence-corrected chi connectivity index (χ4v) is 1.93. The van der Waals surface area contributed by atoms with E-state index in [1.807, 2.05) is 0 Å². The van der Waals surface area contributed by atoms with Crippen molar-refractivity contribution in [3.8, 4) is 0 Å². The Hall–Kier alpha value is -0.0800. The second kappa shape index (κ2) is 4.07. The third kappa shape index (κ3) is 2.17. The van der Waals surface area contributed by atoms with E-state index in [0.717, 1.165) is 0 Å². The molecular weight excluding hydrogens is 136 g/mol. The second-order valence-corrected chi connectivity index (χ2v) is 3.57. The molecule has 0 spiro atoms. The van der Waals surface area contributed by atoms with Crippen LogP contribution in [0.1, 0.15) is 26.2 Å². The number of nitrogens with zero attached hydrogens (tertiary/aromatic N) is 2. The number of likely N-dealkylation sites (tertiary alicyclic amines) is 1. The van der Waals surface area contributed by atoms with E-state index < -0.39 is 0 Å². The van der Waals surface area contributed by atoms with Gasteiger partial charge in [-0.25, -0.2) is 0 Å². The van der Waals surface area contributed by atoms with Crippen molar-refractivity contribution in [2.24, 2.45) is 0 Å². The van der Waals surface area contributed by atoms with Gasteiger partial charge in [-0.15, -0.1) is 0 Å². The molecule has 1 aliphatic rings. The summed E-state index contributed by atoms with van der Waals surface area (Å²) in [5.41, 5.74) is 0. The smallest absolute Gasteiger partial charge is 0.0617 e. The minimum atomic E-state index is 0.703. The van der Waals surface area contributed by atoms with Crippen molar-refractivity contribution in [2.45, 2.75) is 32.4 Å². The van der Waals surface area contributed by atoms with Crippen LogP contribution in [0.25, 0.3) is 0 Å². The molecule has 11 heavy (non-hydrogen) atoms. The van der Waals surface area contributed by atoms with E-state index >= 15 is 0 Å². The van der Waals surface area contributed by atoms with Crippen LogP contribution in [0.2, 0.25) is 0 Å². The predicted octanol–water partition coefficient (Wildman–Crippen LogP) is 1.38. The van der Waals surface area contributed by atoms with Crippen LogP contribution in [0.15, 0.2) is 0 Å². The van der Waals surface area contributed by atoms with Crippen LogP contribution in [0.4, 0.5) is 0 Å². The molecule has 1 aliphatic heterocycles. The third-order valence-electron chi connectivity index (χ3n) is 2.58. The van der Waals surface area contributed by atoms with Gasteiger partial charge in [-0.2, -0.15) is 0 Å². The highest BCUT2D eigenvalue weighted by Gasteiger charge is 2.21. The maximum atomic E-state index is 2.56. The molecule has 2 nitrogen and oxygen atoms in total. The highest BCUT2D eigenvalue weighted by molar-refractivity contribution is 4.73. The predicted molar refractivity (Wildman–Crippen MR) is 48.6 cm³/mol. The van der Waals surface area contributed by atoms with E-state index in [-0.39, 0.29) is 0 Å². The summed E-state index contributed by atoms with van der Waals surface area (Å²) >= 11 is 0. The van der Waals surface area contributed by atoms with Crippen LogP contribution in [-0.2, 0) is 0 Å². The van der Waals surface area contributed by atoms with Crippen LogP contribution in [0.5, 0.6) is 0 Å². The Morgan fingerprint density at radius 1 is 1.36 bits per heavy atom. The van der Waals surface area contributed by atoms with Crippen LogP contribution in [-0.4, -0.2) is 43.2 Å². The molecule has 66 valence electrons. The van der Waals surface area contributed by atoms with Crippen molar-refractivity contribution < 1.29 is 0 Å². The second-order valence-electron chi connectivity index (χ2n) is 3.57. The fourth-order valence-electron chi connectivity index (χ4n) is 1.93. The minimum Gasteiger partial charge on any atom is -0.294 e. The average molecular weight is 156 g/mol. The monoisotopic (exact) mass is 156 g/mol. The van der Waals surface area contributed by atoms with E-state index in [9.17, 15) is 0 Å². The fraction of sp³-hybridized carbons (Fsp3) is 1.00. The topological polar surface area (TPSA) is 6.48 Å². The summed E-state index contributed by atoms with van der Waals surface area (Å²) in [6.45, 7) is 4.74. The van der Waals surface area contributed by atoms with Gasteiger partial charge in [-0.05, 0) is 46.4 Å². The summed E-state index contributed by atoms with van der Waals surface area (Å²) < 4.78 is 0. The van der Waals surface area contributed by atoms with Crippen LogP contribution >= 0.6 is 0 Å². The quantitative estimate of drug-likeness (QED) is 0.596. The molecule has 1 atom stereocenters. The number of rotatable bonds is 2. The molecule has 1 unspecified atom stereocenters. The van der Waals surface area contributed by atoms with Gasteiger partial charge in [0.15, 0.2) is 0 Å². The number of piperidine rings is 1. The summed E-state index contributed by atoms with van der Waals surface area (Å²) in [6, 6.07) is 0. The van der Waals surface area contributed by atoms with Gasteiger partial charge in [0.1, 0.15) is 0 Å². The first-order chi connectivity index (χ1) is 5.25. The van der Waals surface area contributed by atoms with Gasteiger partial charge in [0.05, 0.1) is 6.17 Å². The maximum Gasteiger partial charge on any atom is 0.0617 e.